The van der Waals surface area contributed by atoms with Gasteiger partial charge >= 0.3 is 0 Å². The molecule has 0 aliphatic heterocycles. The highest BCUT2D eigenvalue weighted by Crippen LogP contribution is 2.41. The van der Waals surface area contributed by atoms with Crippen molar-refractivity contribution >= 4 is 0 Å². The van der Waals surface area contributed by atoms with Gasteiger partial charge in [-0.15, -0.1) is 10.1 Å². The van der Waals surface area contributed by atoms with Crippen LogP contribution in [0.5, 0.6) is 0 Å². The highest BCUT2D eigenvalue weighted by Gasteiger charge is 2.35. The molecule has 1 saturated carbocycles. The number of hydrogen-bond acceptors (Lipinski definition) is 4. The molecule has 1 aromatic rings. The lowest BCUT2D eigenvalue weighted by atomic mass is 9.68. The maximum Gasteiger partial charge on any atom is 0.294 e. The third kappa shape index (κ3) is 4.81. The van der Waals surface area contributed by atoms with E-state index in [1.54, 1.807) is 0 Å². The summed E-state index contributed by atoms with van der Waals surface area (Å²) < 4.78 is 0. The first kappa shape index (κ1) is 18.5. The molecule has 1 aliphatic rings. The number of allylic oxidation sites excluding steroid dienone is 1. The number of aryl methyl sites for hydroxylation is 1. The topological polar surface area (TPSA) is 78.4 Å². The van der Waals surface area contributed by atoms with Crippen LogP contribution >= 0.6 is 0 Å². The van der Waals surface area contributed by atoms with E-state index in [1.807, 2.05) is 12.1 Å². The summed E-state index contributed by atoms with van der Waals surface area (Å²) in [4.78, 5) is 14.6. The average Bonchev–Trinajstić information content (AvgIpc) is 2.51. The molecule has 2 N–H and O–H groups in total. The largest absolute Gasteiger partial charge is 0.321 e. The highest BCUT2D eigenvalue weighted by molar-refractivity contribution is 5.30. The lowest BCUT2D eigenvalue weighted by Crippen LogP contribution is -2.43. The Bertz CT molecular complexity index is 598. The zero-order valence-corrected chi connectivity index (χ0v) is 14.7. The number of hydrogen-bond donors (Lipinski definition) is 1. The first-order valence-corrected chi connectivity index (χ1v) is 8.61. The third-order valence-electron chi connectivity index (χ3n) is 5.06. The van der Waals surface area contributed by atoms with E-state index in [4.69, 9.17) is 5.73 Å². The Kier molecular flexibility index (Phi) is 5.99. The molecule has 132 valence electrons. The molecule has 5 heteroatoms. The van der Waals surface area contributed by atoms with Crippen LogP contribution in [0.3, 0.4) is 0 Å². The lowest BCUT2D eigenvalue weighted by Gasteiger charge is -2.40. The van der Waals surface area contributed by atoms with Crippen molar-refractivity contribution in [2.45, 2.75) is 51.5 Å². The molecule has 24 heavy (non-hydrogen) atoms. The Morgan fingerprint density at radius 2 is 2.21 bits per heavy atom. The summed E-state index contributed by atoms with van der Waals surface area (Å²) in [7, 11) is 0. The van der Waals surface area contributed by atoms with Gasteiger partial charge in [-0.2, -0.15) is 0 Å². The molecule has 1 aliphatic carbocycles. The SMILES string of the molecule is C=C1CC(C)CC(C(C)(N)c2cccc(CCCO[N+](=O)[O-])c2)C1. The Morgan fingerprint density at radius 1 is 1.46 bits per heavy atom. The second-order valence-electron chi connectivity index (χ2n) is 7.34. The van der Waals surface area contributed by atoms with E-state index in [-0.39, 0.29) is 6.61 Å². The molecule has 0 heterocycles. The van der Waals surface area contributed by atoms with Gasteiger partial charge in [0.2, 0.25) is 0 Å². The Morgan fingerprint density at radius 3 is 2.88 bits per heavy atom. The minimum Gasteiger partial charge on any atom is -0.321 e. The Balaban J connectivity index is 2.05. The molecule has 1 fully saturated rings. The van der Waals surface area contributed by atoms with Crippen LogP contribution in [-0.4, -0.2) is 11.7 Å². The Hall–Kier alpha value is -1.88. The van der Waals surface area contributed by atoms with E-state index in [1.165, 1.54) is 5.57 Å². The molecule has 5 nitrogen and oxygen atoms in total. The molecule has 2 rings (SSSR count). The van der Waals surface area contributed by atoms with Crippen molar-refractivity contribution in [3.8, 4) is 0 Å². The van der Waals surface area contributed by atoms with Crippen molar-refractivity contribution < 1.29 is 9.92 Å². The van der Waals surface area contributed by atoms with Gasteiger partial charge in [-0.1, -0.05) is 43.3 Å². The molecule has 3 unspecified atom stereocenters. The first-order valence-electron chi connectivity index (χ1n) is 8.61. The average molecular weight is 332 g/mol. The van der Waals surface area contributed by atoms with E-state index in [0.29, 0.717) is 18.3 Å². The summed E-state index contributed by atoms with van der Waals surface area (Å²) in [6.07, 6.45) is 4.56. The minimum atomic E-state index is -0.746. The predicted octanol–water partition coefficient (Wildman–Crippen LogP) is 3.99. The zero-order chi connectivity index (χ0) is 17.7. The molecular weight excluding hydrogens is 304 g/mol. The fraction of sp³-hybridized carbons (Fsp3) is 0.579. The number of rotatable bonds is 7. The van der Waals surface area contributed by atoms with Crippen LogP contribution in [-0.2, 0) is 16.8 Å². The summed E-state index contributed by atoms with van der Waals surface area (Å²) in [5, 5.41) is 9.44. The molecule has 0 bridgehead atoms. The Labute approximate surface area is 144 Å². The second kappa shape index (κ2) is 7.79. The summed E-state index contributed by atoms with van der Waals surface area (Å²) in [6.45, 7) is 8.67. The monoisotopic (exact) mass is 332 g/mol. The molecule has 0 amide bonds. The number of nitrogens with two attached hydrogens (primary N) is 1. The van der Waals surface area contributed by atoms with E-state index in [0.717, 1.165) is 36.8 Å². The van der Waals surface area contributed by atoms with Crippen molar-refractivity contribution in [1.82, 2.24) is 0 Å². The van der Waals surface area contributed by atoms with Crippen LogP contribution in [0.4, 0.5) is 0 Å². The maximum atomic E-state index is 10.2. The number of benzene rings is 1. The summed E-state index contributed by atoms with van der Waals surface area (Å²) >= 11 is 0. The zero-order valence-electron chi connectivity index (χ0n) is 14.7. The fourth-order valence-corrected chi connectivity index (χ4v) is 3.75. The van der Waals surface area contributed by atoms with Gasteiger partial charge < -0.3 is 10.6 Å². The van der Waals surface area contributed by atoms with Crippen molar-refractivity contribution in [2.75, 3.05) is 6.61 Å². The molecule has 0 aromatic heterocycles. The van der Waals surface area contributed by atoms with Gasteiger partial charge in [0.05, 0.1) is 6.61 Å². The van der Waals surface area contributed by atoms with Crippen LogP contribution in [0, 0.1) is 22.0 Å². The fourth-order valence-electron chi connectivity index (χ4n) is 3.75. The molecule has 0 radical (unpaired) electrons. The standard InChI is InChI=1S/C19H28N2O3/c1-14-10-15(2)12-18(11-14)19(3,20)17-8-4-6-16(13-17)7-5-9-24-21(22)23/h4,6,8,13,15,18H,1,5,7,9-12,20H2,2-3H3. The van der Waals surface area contributed by atoms with Gasteiger partial charge in [-0.3, -0.25) is 0 Å². The molecule has 3 atom stereocenters. The lowest BCUT2D eigenvalue weighted by molar-refractivity contribution is -0.757. The first-order chi connectivity index (χ1) is 11.3. The smallest absolute Gasteiger partial charge is 0.294 e. The van der Waals surface area contributed by atoms with Gasteiger partial charge in [-0.05, 0) is 62.0 Å². The molecular formula is C19H28N2O3. The number of nitrogens with zero attached hydrogens (tertiary/aromatic N) is 1. The van der Waals surface area contributed by atoms with E-state index < -0.39 is 10.6 Å². The maximum absolute atomic E-state index is 10.2. The van der Waals surface area contributed by atoms with Crippen molar-refractivity contribution in [3.63, 3.8) is 0 Å². The highest BCUT2D eigenvalue weighted by atomic mass is 16.9. The minimum absolute atomic E-state index is 0.122. The summed E-state index contributed by atoms with van der Waals surface area (Å²) in [5.74, 6) is 1.02. The van der Waals surface area contributed by atoms with Crippen LogP contribution in [0.15, 0.2) is 36.4 Å². The molecule has 0 spiro atoms. The quantitative estimate of drug-likeness (QED) is 0.354. The van der Waals surface area contributed by atoms with Crippen LogP contribution in [0.1, 0.15) is 50.7 Å². The van der Waals surface area contributed by atoms with Crippen LogP contribution in [0.2, 0.25) is 0 Å². The third-order valence-corrected chi connectivity index (χ3v) is 5.06. The summed E-state index contributed by atoms with van der Waals surface area (Å²) in [5.41, 5.74) is 9.91. The van der Waals surface area contributed by atoms with E-state index >= 15 is 0 Å². The molecule has 0 saturated heterocycles. The van der Waals surface area contributed by atoms with E-state index in [2.05, 4.69) is 37.4 Å². The normalized spacial score (nSPS) is 23.5. The van der Waals surface area contributed by atoms with Gasteiger partial charge in [0.1, 0.15) is 0 Å². The van der Waals surface area contributed by atoms with Crippen LogP contribution < -0.4 is 5.73 Å². The van der Waals surface area contributed by atoms with Gasteiger partial charge in [0.15, 0.2) is 0 Å². The van der Waals surface area contributed by atoms with Crippen molar-refractivity contribution in [2.24, 2.45) is 17.6 Å². The van der Waals surface area contributed by atoms with Gasteiger partial charge in [0.25, 0.3) is 5.09 Å². The van der Waals surface area contributed by atoms with Crippen molar-refractivity contribution in [3.05, 3.63) is 57.7 Å². The van der Waals surface area contributed by atoms with Gasteiger partial charge in [0, 0.05) is 5.54 Å². The molecule has 1 aromatic carbocycles. The predicted molar refractivity (Wildman–Crippen MR) is 94.9 cm³/mol. The van der Waals surface area contributed by atoms with Crippen molar-refractivity contribution in [1.29, 1.82) is 0 Å². The summed E-state index contributed by atoms with van der Waals surface area (Å²) in [6, 6.07) is 8.27. The van der Waals surface area contributed by atoms with E-state index in [9.17, 15) is 10.1 Å². The second-order valence-corrected chi connectivity index (χ2v) is 7.34. The van der Waals surface area contributed by atoms with Gasteiger partial charge in [-0.25, -0.2) is 0 Å². The van der Waals surface area contributed by atoms with Crippen LogP contribution in [0.25, 0.3) is 0 Å².